The Morgan fingerprint density at radius 1 is 1.50 bits per heavy atom. The van der Waals surface area contributed by atoms with Gasteiger partial charge in [0.25, 0.3) is 0 Å². The molecule has 0 amide bonds. The monoisotopic (exact) mass is 334 g/mol. The molecule has 0 atom stereocenters. The lowest BCUT2D eigenvalue weighted by molar-refractivity contribution is 1.34. The molecular weight excluding hydrogens is 331 g/mol. The van der Waals surface area contributed by atoms with Crippen molar-refractivity contribution >= 4 is 52.8 Å². The van der Waals surface area contributed by atoms with Crippen molar-refractivity contribution in [2.75, 3.05) is 0 Å². The van der Waals surface area contributed by atoms with Crippen molar-refractivity contribution < 1.29 is 0 Å². The summed E-state index contributed by atoms with van der Waals surface area (Å²) in [4.78, 5) is 7.04. The van der Waals surface area contributed by atoms with Crippen LogP contribution in [0.3, 0.4) is 0 Å². The largest absolute Gasteiger partial charge is 0.329 e. The summed E-state index contributed by atoms with van der Waals surface area (Å²) in [7, 11) is 1.46. The zero-order valence-corrected chi connectivity index (χ0v) is 10.6. The summed E-state index contributed by atoms with van der Waals surface area (Å²) in [5.41, 5.74) is 2.74. The van der Waals surface area contributed by atoms with Crippen LogP contribution in [-0.2, 0) is 0 Å². The molecule has 2 aromatic rings. The summed E-state index contributed by atoms with van der Waals surface area (Å²) in [5.74, 6) is 3.01. The van der Waals surface area contributed by atoms with E-state index in [0.717, 1.165) is 16.6 Å². The highest BCUT2D eigenvalue weighted by Gasteiger charge is 1.99. The van der Waals surface area contributed by atoms with Crippen molar-refractivity contribution in [3.8, 4) is 11.2 Å². The fourth-order valence-electron chi connectivity index (χ4n) is 1.13. The van der Waals surface area contributed by atoms with E-state index in [4.69, 9.17) is 11.6 Å². The molecule has 0 radical (unpaired) electrons. The van der Waals surface area contributed by atoms with Crippen LogP contribution in [0.2, 0.25) is 5.28 Å². The Bertz CT molecular complexity index is 526. The predicted octanol–water partition coefficient (Wildman–Crippen LogP) is 3.61. The van der Waals surface area contributed by atoms with Crippen molar-refractivity contribution in [1.29, 1.82) is 0 Å². The Kier molecular flexibility index (Phi) is 3.21. The van der Waals surface area contributed by atoms with Gasteiger partial charge < -0.3 is 4.98 Å². The van der Waals surface area contributed by atoms with Crippen molar-refractivity contribution in [2.24, 2.45) is 0 Å². The Hall–Kier alpha value is -0.380. The maximum atomic E-state index is 5.73. The number of fused-ring (bicyclic) bond motifs is 1. The molecule has 0 saturated heterocycles. The van der Waals surface area contributed by atoms with Gasteiger partial charge in [-0.3, -0.25) is 0 Å². The number of aromatic nitrogens is 2. The number of aromatic amines is 1. The van der Waals surface area contributed by atoms with Crippen molar-refractivity contribution in [2.45, 2.75) is 0 Å². The van der Waals surface area contributed by atoms with Crippen LogP contribution >= 0.6 is 41.7 Å². The molecular formula is C9H4ClIN2S. The lowest BCUT2D eigenvalue weighted by Gasteiger charge is -1.89. The van der Waals surface area contributed by atoms with Crippen LogP contribution in [0.25, 0.3) is 11.0 Å². The first kappa shape index (κ1) is 10.1. The van der Waals surface area contributed by atoms with Crippen LogP contribution < -0.4 is 0 Å². The van der Waals surface area contributed by atoms with Gasteiger partial charge in [0.2, 0.25) is 5.28 Å². The minimum absolute atomic E-state index is 0.411. The molecule has 1 N–H and O–H groups in total. The first-order chi connectivity index (χ1) is 6.79. The van der Waals surface area contributed by atoms with Gasteiger partial charge in [0.15, 0.2) is 0 Å². The van der Waals surface area contributed by atoms with E-state index >= 15 is 0 Å². The molecule has 0 unspecified atom stereocenters. The Morgan fingerprint density at radius 2 is 2.36 bits per heavy atom. The number of hydrogen-bond acceptors (Lipinski definition) is 2. The van der Waals surface area contributed by atoms with Gasteiger partial charge in [-0.15, -0.1) is 0 Å². The summed E-state index contributed by atoms with van der Waals surface area (Å²) < 4.78 is 0. The van der Waals surface area contributed by atoms with E-state index in [1.807, 2.05) is 18.2 Å². The van der Waals surface area contributed by atoms with Crippen LogP contribution in [0.5, 0.6) is 0 Å². The van der Waals surface area contributed by atoms with Gasteiger partial charge in [-0.05, 0) is 44.0 Å². The molecule has 0 aliphatic rings. The normalized spacial score (nSPS) is 9.86. The number of nitrogens with one attached hydrogen (secondary N) is 1. The summed E-state index contributed by atoms with van der Waals surface area (Å²) in [6, 6.07) is 5.77. The summed E-state index contributed by atoms with van der Waals surface area (Å²) in [5, 5.41) is 3.33. The van der Waals surface area contributed by atoms with E-state index in [1.165, 1.54) is 8.93 Å². The second-order valence-electron chi connectivity index (χ2n) is 2.56. The second kappa shape index (κ2) is 4.43. The zero-order valence-electron chi connectivity index (χ0n) is 6.84. The molecule has 1 aromatic carbocycles. The quantitative estimate of drug-likeness (QED) is 0.589. The lowest BCUT2D eigenvalue weighted by atomic mass is 10.2. The average Bonchev–Trinajstić information content (AvgIpc) is 2.54. The number of rotatable bonds is 0. The van der Waals surface area contributed by atoms with E-state index in [9.17, 15) is 0 Å². The molecule has 70 valence electrons. The molecule has 2 nitrogen and oxygen atoms in total. The fraction of sp³-hybridized carbons (Fsp3) is 0. The highest BCUT2D eigenvalue weighted by atomic mass is 127. The van der Waals surface area contributed by atoms with E-state index in [0.29, 0.717) is 5.28 Å². The van der Waals surface area contributed by atoms with Gasteiger partial charge in [-0.1, -0.05) is 5.92 Å². The number of nitrogens with zero attached hydrogens (tertiary/aromatic N) is 1. The van der Waals surface area contributed by atoms with Gasteiger partial charge in [0.1, 0.15) is 0 Å². The lowest BCUT2D eigenvalue weighted by Crippen LogP contribution is -1.74. The topological polar surface area (TPSA) is 28.7 Å². The molecule has 0 spiro atoms. The van der Waals surface area contributed by atoms with E-state index in [-0.39, 0.29) is 0 Å². The Balaban J connectivity index is 2.50. The van der Waals surface area contributed by atoms with Crippen LogP contribution in [0, 0.1) is 11.2 Å². The summed E-state index contributed by atoms with van der Waals surface area (Å²) in [6.07, 6.45) is 0. The van der Waals surface area contributed by atoms with E-state index in [2.05, 4.69) is 42.3 Å². The molecule has 0 aliphatic carbocycles. The van der Waals surface area contributed by atoms with Gasteiger partial charge in [-0.2, -0.15) is 0 Å². The molecule has 0 fully saturated rings. The van der Waals surface area contributed by atoms with Gasteiger partial charge >= 0.3 is 0 Å². The maximum absolute atomic E-state index is 5.73. The molecule has 5 heteroatoms. The predicted molar refractivity (Wildman–Crippen MR) is 69.6 cm³/mol. The first-order valence-corrected chi connectivity index (χ1v) is 7.47. The SMILES string of the molecule is Clc1nc2ccc(C#CSI)cc2[nH]1. The fourth-order valence-corrected chi connectivity index (χ4v) is 1.81. The summed E-state index contributed by atoms with van der Waals surface area (Å²) >= 11 is 7.87. The standard InChI is InChI=1S/C9H4ClIN2S/c10-9-12-7-2-1-6(3-4-14-11)5-8(7)13-9/h1-2,5H,(H,12,13). The zero-order chi connectivity index (χ0) is 9.97. The number of imidazole rings is 1. The average molecular weight is 335 g/mol. The number of benzene rings is 1. The first-order valence-electron chi connectivity index (χ1n) is 3.73. The van der Waals surface area contributed by atoms with E-state index in [1.54, 1.807) is 0 Å². The number of H-pyrrole nitrogens is 1. The van der Waals surface area contributed by atoms with Crippen LogP contribution in [-0.4, -0.2) is 9.97 Å². The number of hydrogen-bond donors (Lipinski definition) is 1. The molecule has 0 bridgehead atoms. The van der Waals surface area contributed by atoms with E-state index < -0.39 is 0 Å². The molecule has 0 saturated carbocycles. The smallest absolute Gasteiger partial charge is 0.201 e. The van der Waals surface area contributed by atoms with Gasteiger partial charge in [0, 0.05) is 26.8 Å². The third kappa shape index (κ3) is 2.16. The minimum atomic E-state index is 0.411. The molecule has 2 rings (SSSR count). The second-order valence-corrected chi connectivity index (χ2v) is 4.60. The number of halogens is 2. The maximum Gasteiger partial charge on any atom is 0.201 e. The highest BCUT2D eigenvalue weighted by Crippen LogP contribution is 2.16. The van der Waals surface area contributed by atoms with Crippen molar-refractivity contribution in [1.82, 2.24) is 9.97 Å². The highest BCUT2D eigenvalue weighted by molar-refractivity contribution is 14.2. The van der Waals surface area contributed by atoms with Crippen LogP contribution in [0.4, 0.5) is 0 Å². The van der Waals surface area contributed by atoms with Crippen LogP contribution in [0.15, 0.2) is 18.2 Å². The molecule has 14 heavy (non-hydrogen) atoms. The van der Waals surface area contributed by atoms with Gasteiger partial charge in [-0.25, -0.2) is 4.98 Å². The van der Waals surface area contributed by atoms with Crippen LogP contribution in [0.1, 0.15) is 5.56 Å². The minimum Gasteiger partial charge on any atom is -0.329 e. The summed E-state index contributed by atoms with van der Waals surface area (Å²) in [6.45, 7) is 0. The third-order valence-corrected chi connectivity index (χ3v) is 2.71. The molecule has 1 heterocycles. The van der Waals surface area contributed by atoms with Gasteiger partial charge in [0.05, 0.1) is 11.0 Å². The molecule has 0 aliphatic heterocycles. The van der Waals surface area contributed by atoms with Crippen molar-refractivity contribution in [3.63, 3.8) is 0 Å². The Labute approximate surface area is 102 Å². The Morgan fingerprint density at radius 3 is 3.14 bits per heavy atom. The molecule has 1 aromatic heterocycles. The van der Waals surface area contributed by atoms with Crippen molar-refractivity contribution in [3.05, 3.63) is 29.0 Å². The third-order valence-electron chi connectivity index (χ3n) is 1.69.